The van der Waals surface area contributed by atoms with Gasteiger partial charge in [0.15, 0.2) is 5.95 Å². The van der Waals surface area contributed by atoms with E-state index in [1.165, 1.54) is 0 Å². The van der Waals surface area contributed by atoms with Gasteiger partial charge in [-0.2, -0.15) is 0 Å². The van der Waals surface area contributed by atoms with Crippen LogP contribution in [0, 0.1) is 0 Å². The summed E-state index contributed by atoms with van der Waals surface area (Å²) < 4.78 is 5.53. The average molecular weight is 190 g/mol. The molecule has 0 aliphatic heterocycles. The van der Waals surface area contributed by atoms with Crippen molar-refractivity contribution in [1.82, 2.24) is 5.27 Å². The molecule has 70 valence electrons. The van der Waals surface area contributed by atoms with Gasteiger partial charge >= 0.3 is 5.69 Å². The van der Waals surface area contributed by atoms with Crippen LogP contribution in [0.5, 0.6) is 5.95 Å². The topological polar surface area (TPSA) is 70.0 Å². The molecule has 1 heterocycles. The third kappa shape index (κ3) is 1.24. The Kier molecular flexibility index (Phi) is 1.98. The molecule has 0 aliphatic rings. The highest BCUT2D eigenvalue weighted by Gasteiger charge is 2.18. The smallest absolute Gasteiger partial charge is 0.303 e. The van der Waals surface area contributed by atoms with Crippen molar-refractivity contribution in [1.29, 1.82) is 0 Å². The second kappa shape index (κ2) is 3.29. The van der Waals surface area contributed by atoms with Crippen LogP contribution in [0.15, 0.2) is 34.9 Å². The minimum Gasteiger partial charge on any atom is -0.539 e. The molecule has 14 heavy (non-hydrogen) atoms. The van der Waals surface area contributed by atoms with Gasteiger partial charge in [0.05, 0.1) is 5.27 Å². The summed E-state index contributed by atoms with van der Waals surface area (Å²) in [7, 11) is 0. The van der Waals surface area contributed by atoms with Crippen LogP contribution >= 0.6 is 0 Å². The molecule has 1 aromatic carbocycles. The van der Waals surface area contributed by atoms with E-state index < -0.39 is 5.95 Å². The van der Waals surface area contributed by atoms with Gasteiger partial charge in [-0.3, -0.25) is 4.79 Å². The molecule has 5 heteroatoms. The maximum absolute atomic E-state index is 11.0. The summed E-state index contributed by atoms with van der Waals surface area (Å²) in [5, 5.41) is 14.4. The van der Waals surface area contributed by atoms with Gasteiger partial charge in [0, 0.05) is 12.1 Å². The highest BCUT2D eigenvalue weighted by atomic mass is 16.6. The van der Waals surface area contributed by atoms with Crippen LogP contribution in [0.4, 0.5) is 0 Å². The first-order valence-electron chi connectivity index (χ1n) is 3.92. The van der Waals surface area contributed by atoms with Crippen molar-refractivity contribution >= 4 is 6.29 Å². The van der Waals surface area contributed by atoms with Gasteiger partial charge in [-0.15, -0.1) is 0 Å². The third-order valence-corrected chi connectivity index (χ3v) is 1.76. The van der Waals surface area contributed by atoms with Gasteiger partial charge in [-0.1, -0.05) is 18.2 Å². The Bertz CT molecular complexity index is 450. The first-order valence-corrected chi connectivity index (χ1v) is 3.92. The summed E-state index contributed by atoms with van der Waals surface area (Å²) in [6.45, 7) is 0. The highest BCUT2D eigenvalue weighted by molar-refractivity contribution is 5.72. The molecule has 0 N–H and O–H groups in total. The van der Waals surface area contributed by atoms with Gasteiger partial charge in [0.2, 0.25) is 12.0 Å². The van der Waals surface area contributed by atoms with Crippen LogP contribution < -0.4 is 9.79 Å². The molecule has 0 saturated carbocycles. The van der Waals surface area contributed by atoms with E-state index in [0.29, 0.717) is 12.0 Å². The lowest BCUT2D eigenvalue weighted by Gasteiger charge is -1.88. The van der Waals surface area contributed by atoms with Crippen LogP contribution in [0.3, 0.4) is 0 Å². The number of carbonyl (C=O) groups is 1. The zero-order valence-corrected chi connectivity index (χ0v) is 7.08. The Morgan fingerprint density at radius 3 is 2.71 bits per heavy atom. The first kappa shape index (κ1) is 8.43. The van der Waals surface area contributed by atoms with E-state index in [1.54, 1.807) is 24.3 Å². The summed E-state index contributed by atoms with van der Waals surface area (Å²) in [6.07, 6.45) is 0.422. The van der Waals surface area contributed by atoms with Gasteiger partial charge in [0.1, 0.15) is 0 Å². The average Bonchev–Trinajstić information content (AvgIpc) is 2.61. The molecule has 0 unspecified atom stereocenters. The van der Waals surface area contributed by atoms with Crippen LogP contribution in [-0.2, 0) is 0 Å². The number of carbonyl (C=O) groups excluding carboxylic acids is 1. The van der Waals surface area contributed by atoms with Crippen LogP contribution in [0.1, 0.15) is 10.5 Å². The van der Waals surface area contributed by atoms with Gasteiger partial charge in [-0.05, 0) is 4.68 Å². The lowest BCUT2D eigenvalue weighted by molar-refractivity contribution is -0.671. The predicted molar refractivity (Wildman–Crippen MR) is 42.9 cm³/mol. The van der Waals surface area contributed by atoms with Gasteiger partial charge in [0.25, 0.3) is 0 Å². The predicted octanol–water partition coefficient (Wildman–Crippen LogP) is -0.163. The summed E-state index contributed by atoms with van der Waals surface area (Å²) in [4.78, 5) is 10.6. The Morgan fingerprint density at radius 2 is 2.07 bits per heavy atom. The first-order chi connectivity index (χ1) is 6.83. The number of nitrogens with zero attached hydrogens (tertiary/aromatic N) is 2. The van der Waals surface area contributed by atoms with Gasteiger partial charge < -0.3 is 9.63 Å². The highest BCUT2D eigenvalue weighted by Crippen LogP contribution is 2.06. The second-order valence-electron chi connectivity index (χ2n) is 2.61. The van der Waals surface area contributed by atoms with Crippen molar-refractivity contribution in [2.75, 3.05) is 0 Å². The minimum atomic E-state index is -0.733. The number of benzene rings is 1. The van der Waals surface area contributed by atoms with Crippen molar-refractivity contribution < 1.29 is 19.1 Å². The molecule has 0 spiro atoms. The van der Waals surface area contributed by atoms with Crippen LogP contribution in [0.25, 0.3) is 5.69 Å². The standard InChI is InChI=1S/C9H6N2O3/c12-6-8-9(13)14-10-11(8)7-4-2-1-3-5-7/h1-6H. The molecule has 0 radical (unpaired) electrons. The van der Waals surface area contributed by atoms with E-state index in [4.69, 9.17) is 0 Å². The normalized spacial score (nSPS) is 10.0. The Hall–Kier alpha value is -2.17. The third-order valence-electron chi connectivity index (χ3n) is 1.76. The van der Waals surface area contributed by atoms with E-state index in [9.17, 15) is 9.90 Å². The lowest BCUT2D eigenvalue weighted by atomic mass is 10.3. The zero-order valence-electron chi connectivity index (χ0n) is 7.08. The molecule has 0 fully saturated rings. The quantitative estimate of drug-likeness (QED) is 0.487. The number of rotatable bonds is 2. The fourth-order valence-electron chi connectivity index (χ4n) is 1.11. The number of aldehydes is 1. The van der Waals surface area contributed by atoms with Crippen molar-refractivity contribution in [3.8, 4) is 11.6 Å². The van der Waals surface area contributed by atoms with Crippen LogP contribution in [-0.4, -0.2) is 11.6 Å². The summed E-state index contributed by atoms with van der Waals surface area (Å²) in [5.74, 6) is -0.733. The van der Waals surface area contributed by atoms with Crippen molar-refractivity contribution in [2.45, 2.75) is 0 Å². The maximum Gasteiger partial charge on any atom is 0.303 e. The Balaban J connectivity index is 2.57. The summed E-state index contributed by atoms with van der Waals surface area (Å²) >= 11 is 0. The van der Waals surface area contributed by atoms with Gasteiger partial charge in [-0.25, -0.2) is 0 Å². The molecular formula is C9H6N2O3. The fraction of sp³-hybridized carbons (Fsp3) is 0. The molecule has 5 nitrogen and oxygen atoms in total. The zero-order chi connectivity index (χ0) is 9.97. The molecule has 0 saturated heterocycles. The van der Waals surface area contributed by atoms with E-state index in [1.807, 2.05) is 6.07 Å². The lowest BCUT2D eigenvalue weighted by Crippen LogP contribution is -2.36. The number of hydrogen-bond donors (Lipinski definition) is 0. The van der Waals surface area contributed by atoms with Crippen molar-refractivity contribution in [3.63, 3.8) is 0 Å². The van der Waals surface area contributed by atoms with E-state index in [2.05, 4.69) is 9.79 Å². The van der Waals surface area contributed by atoms with E-state index >= 15 is 0 Å². The molecule has 2 rings (SSSR count). The molecule has 0 bridgehead atoms. The molecule has 0 aliphatic carbocycles. The maximum atomic E-state index is 11.0. The van der Waals surface area contributed by atoms with E-state index in [0.717, 1.165) is 4.68 Å². The molecule has 0 atom stereocenters. The SMILES string of the molecule is O=Cc1c([O-])on[n+]1-c1ccccc1. The Labute approximate surface area is 79.2 Å². The van der Waals surface area contributed by atoms with Crippen LogP contribution in [0.2, 0.25) is 0 Å². The van der Waals surface area contributed by atoms with Crippen molar-refractivity contribution in [3.05, 3.63) is 36.0 Å². The molecular weight excluding hydrogens is 184 g/mol. The summed E-state index contributed by atoms with van der Waals surface area (Å²) in [5.41, 5.74) is 0.497. The number of hydrogen-bond acceptors (Lipinski definition) is 4. The molecule has 1 aromatic heterocycles. The molecule has 2 aromatic rings. The Morgan fingerprint density at radius 1 is 1.36 bits per heavy atom. The summed E-state index contributed by atoms with van der Waals surface area (Å²) in [6, 6.07) is 8.80. The van der Waals surface area contributed by atoms with Crippen molar-refractivity contribution in [2.24, 2.45) is 0 Å². The number of para-hydroxylation sites is 1. The monoisotopic (exact) mass is 190 g/mol. The minimum absolute atomic E-state index is 0.115. The fourth-order valence-corrected chi connectivity index (χ4v) is 1.11. The molecule has 0 amide bonds. The second-order valence-corrected chi connectivity index (χ2v) is 2.61. The van der Waals surface area contributed by atoms with E-state index in [-0.39, 0.29) is 5.69 Å². The number of aromatic nitrogens is 2. The largest absolute Gasteiger partial charge is 0.539 e.